The first kappa shape index (κ1) is 11.5. The number of nitrogens with zero attached hydrogens (tertiary/aromatic N) is 2. The van der Waals surface area contributed by atoms with Crippen molar-refractivity contribution in [1.82, 2.24) is 9.78 Å². The largest absolute Gasteiger partial charge is 0.465 e. The molecule has 4 nitrogen and oxygen atoms in total. The van der Waals surface area contributed by atoms with E-state index in [1.54, 1.807) is 10.7 Å². The summed E-state index contributed by atoms with van der Waals surface area (Å²) in [6.07, 6.45) is 1.90. The molecule has 0 saturated carbocycles. The van der Waals surface area contributed by atoms with Crippen LogP contribution < -0.4 is 0 Å². The Bertz CT molecular complexity index is 732. The van der Waals surface area contributed by atoms with Crippen LogP contribution in [0, 0.1) is 0 Å². The lowest BCUT2D eigenvalue weighted by Crippen LogP contribution is -2.02. The third-order valence-electron chi connectivity index (χ3n) is 2.96. The smallest absolute Gasteiger partial charge is 0.340 e. The van der Waals surface area contributed by atoms with Crippen LogP contribution >= 0.6 is 0 Å². The van der Waals surface area contributed by atoms with E-state index in [9.17, 15) is 4.79 Å². The molecule has 4 heteroatoms. The van der Waals surface area contributed by atoms with Gasteiger partial charge in [-0.1, -0.05) is 30.3 Å². The van der Waals surface area contributed by atoms with Gasteiger partial charge in [-0.2, -0.15) is 5.10 Å². The molecule has 0 N–H and O–H groups in total. The fourth-order valence-corrected chi connectivity index (χ4v) is 2.03. The predicted octanol–water partition coefficient (Wildman–Crippen LogP) is 2.81. The third-order valence-corrected chi connectivity index (χ3v) is 2.96. The average Bonchev–Trinajstić information content (AvgIpc) is 2.91. The van der Waals surface area contributed by atoms with Crippen molar-refractivity contribution in [2.75, 3.05) is 7.11 Å². The minimum Gasteiger partial charge on any atom is -0.465 e. The number of esters is 1. The van der Waals surface area contributed by atoms with Crippen LogP contribution in [0.1, 0.15) is 10.4 Å². The Morgan fingerprint density at radius 3 is 2.63 bits per heavy atom. The number of hydrogen-bond acceptors (Lipinski definition) is 3. The molecule has 0 fully saturated rings. The van der Waals surface area contributed by atoms with E-state index in [1.165, 1.54) is 7.11 Å². The maximum absolute atomic E-state index is 11.7. The molecule has 0 unspecified atom stereocenters. The number of hydrogen-bond donors (Lipinski definition) is 0. The molecular formula is C15H12N2O2. The molecule has 0 spiro atoms. The number of carbonyl (C=O) groups excluding carboxylic acids is 1. The third kappa shape index (κ3) is 1.97. The molecule has 2 aromatic carbocycles. The fourth-order valence-electron chi connectivity index (χ4n) is 2.03. The lowest BCUT2D eigenvalue weighted by atomic mass is 10.1. The Hall–Kier alpha value is -2.62. The topological polar surface area (TPSA) is 44.1 Å². The molecular weight excluding hydrogens is 240 g/mol. The molecule has 1 heterocycles. The van der Waals surface area contributed by atoms with Gasteiger partial charge in [0.15, 0.2) is 0 Å². The van der Waals surface area contributed by atoms with Gasteiger partial charge in [0, 0.05) is 11.6 Å². The maximum Gasteiger partial charge on any atom is 0.340 e. The van der Waals surface area contributed by atoms with Crippen molar-refractivity contribution in [2.24, 2.45) is 0 Å². The molecule has 0 amide bonds. The van der Waals surface area contributed by atoms with Crippen LogP contribution in [0.5, 0.6) is 0 Å². The summed E-state index contributed by atoms with van der Waals surface area (Å²) in [5, 5.41) is 5.38. The number of methoxy groups -OCH3 is 1. The summed E-state index contributed by atoms with van der Waals surface area (Å²) in [5.74, 6) is -0.371. The number of ether oxygens (including phenoxy) is 1. The zero-order chi connectivity index (χ0) is 13.2. The van der Waals surface area contributed by atoms with Crippen LogP contribution in [-0.2, 0) is 4.74 Å². The summed E-state index contributed by atoms with van der Waals surface area (Å²) in [7, 11) is 1.37. The molecule has 0 bridgehead atoms. The highest BCUT2D eigenvalue weighted by Crippen LogP contribution is 2.20. The minimum absolute atomic E-state index is 0.371. The van der Waals surface area contributed by atoms with Gasteiger partial charge in [0.05, 0.1) is 18.4 Å². The number of fused-ring (bicyclic) bond motifs is 1. The second-order valence-electron chi connectivity index (χ2n) is 4.14. The molecule has 0 saturated heterocycles. The van der Waals surface area contributed by atoms with Gasteiger partial charge >= 0.3 is 5.97 Å². The van der Waals surface area contributed by atoms with E-state index in [4.69, 9.17) is 4.74 Å². The van der Waals surface area contributed by atoms with Crippen molar-refractivity contribution in [2.45, 2.75) is 0 Å². The quantitative estimate of drug-likeness (QED) is 0.659. The average molecular weight is 252 g/mol. The van der Waals surface area contributed by atoms with Crippen molar-refractivity contribution in [3.8, 4) is 5.69 Å². The summed E-state index contributed by atoms with van der Waals surface area (Å²) in [5.41, 5.74) is 2.09. The van der Waals surface area contributed by atoms with E-state index >= 15 is 0 Å². The number of benzene rings is 2. The fraction of sp³-hybridized carbons (Fsp3) is 0.0667. The van der Waals surface area contributed by atoms with Gasteiger partial charge in [-0.3, -0.25) is 0 Å². The van der Waals surface area contributed by atoms with Crippen molar-refractivity contribution < 1.29 is 9.53 Å². The predicted molar refractivity (Wildman–Crippen MR) is 72.4 cm³/mol. The van der Waals surface area contributed by atoms with Gasteiger partial charge in [0.1, 0.15) is 5.52 Å². The summed E-state index contributed by atoms with van der Waals surface area (Å²) in [4.78, 5) is 11.7. The van der Waals surface area contributed by atoms with Gasteiger partial charge < -0.3 is 4.74 Å². The van der Waals surface area contributed by atoms with E-state index in [-0.39, 0.29) is 5.97 Å². The van der Waals surface area contributed by atoms with E-state index in [2.05, 4.69) is 5.10 Å². The lowest BCUT2D eigenvalue weighted by Gasteiger charge is -2.00. The summed E-state index contributed by atoms with van der Waals surface area (Å²) >= 11 is 0. The normalized spacial score (nSPS) is 10.6. The first-order chi connectivity index (χ1) is 9.29. The molecule has 19 heavy (non-hydrogen) atoms. The van der Waals surface area contributed by atoms with Crippen LogP contribution in [-0.4, -0.2) is 22.9 Å². The van der Waals surface area contributed by atoms with Crippen LogP contribution in [0.2, 0.25) is 0 Å². The molecule has 0 radical (unpaired) electrons. The molecule has 1 aromatic heterocycles. The number of carbonyl (C=O) groups is 1. The monoisotopic (exact) mass is 252 g/mol. The molecule has 3 aromatic rings. The second-order valence-corrected chi connectivity index (χ2v) is 4.14. The first-order valence-corrected chi connectivity index (χ1v) is 5.92. The van der Waals surface area contributed by atoms with Gasteiger partial charge in [-0.15, -0.1) is 0 Å². The highest BCUT2D eigenvalue weighted by molar-refractivity contribution is 6.02. The SMILES string of the molecule is COC(=O)c1cccc2cn(-c3ccccc3)nc12. The van der Waals surface area contributed by atoms with Crippen molar-refractivity contribution in [1.29, 1.82) is 0 Å². The maximum atomic E-state index is 11.7. The van der Waals surface area contributed by atoms with Crippen LogP contribution in [0.3, 0.4) is 0 Å². The molecule has 0 aliphatic rings. The zero-order valence-corrected chi connectivity index (χ0v) is 10.4. The van der Waals surface area contributed by atoms with E-state index in [0.29, 0.717) is 11.1 Å². The summed E-state index contributed by atoms with van der Waals surface area (Å²) < 4.78 is 6.53. The summed E-state index contributed by atoms with van der Waals surface area (Å²) in [6.45, 7) is 0. The Morgan fingerprint density at radius 2 is 1.89 bits per heavy atom. The molecule has 0 aliphatic carbocycles. The molecule has 0 aliphatic heterocycles. The van der Waals surface area contributed by atoms with Gasteiger partial charge in [0.2, 0.25) is 0 Å². The van der Waals surface area contributed by atoms with Crippen LogP contribution in [0.4, 0.5) is 0 Å². The molecule has 94 valence electrons. The van der Waals surface area contributed by atoms with Crippen LogP contribution in [0.25, 0.3) is 16.6 Å². The van der Waals surface area contributed by atoms with E-state index in [1.807, 2.05) is 48.7 Å². The highest BCUT2D eigenvalue weighted by atomic mass is 16.5. The summed E-state index contributed by atoms with van der Waals surface area (Å²) in [6, 6.07) is 15.2. The van der Waals surface area contributed by atoms with E-state index < -0.39 is 0 Å². The highest BCUT2D eigenvalue weighted by Gasteiger charge is 2.13. The Kier molecular flexibility index (Phi) is 2.76. The standard InChI is InChI=1S/C15H12N2O2/c1-19-15(18)13-9-5-6-11-10-17(16-14(11)13)12-7-3-2-4-8-12/h2-10H,1H3. The van der Waals surface area contributed by atoms with Crippen molar-refractivity contribution >= 4 is 16.9 Å². The Labute approximate surface area is 110 Å². The van der Waals surface area contributed by atoms with E-state index in [0.717, 1.165) is 11.1 Å². The van der Waals surface area contributed by atoms with Crippen LogP contribution in [0.15, 0.2) is 54.7 Å². The van der Waals surface area contributed by atoms with Gasteiger partial charge in [-0.05, 0) is 18.2 Å². The minimum atomic E-state index is -0.371. The Balaban J connectivity index is 2.19. The zero-order valence-electron chi connectivity index (χ0n) is 10.4. The van der Waals surface area contributed by atoms with Crippen molar-refractivity contribution in [3.05, 3.63) is 60.3 Å². The first-order valence-electron chi connectivity index (χ1n) is 5.92. The second kappa shape index (κ2) is 4.57. The number of rotatable bonds is 2. The number of para-hydroxylation sites is 1. The van der Waals surface area contributed by atoms with Gasteiger partial charge in [0.25, 0.3) is 0 Å². The molecule has 3 rings (SSSR count). The van der Waals surface area contributed by atoms with Gasteiger partial charge in [-0.25, -0.2) is 9.48 Å². The lowest BCUT2D eigenvalue weighted by molar-refractivity contribution is 0.0602. The Morgan fingerprint density at radius 1 is 1.11 bits per heavy atom. The number of aromatic nitrogens is 2. The molecule has 0 atom stereocenters. The van der Waals surface area contributed by atoms with Crippen molar-refractivity contribution in [3.63, 3.8) is 0 Å².